The Morgan fingerprint density at radius 3 is 2.54 bits per heavy atom. The van der Waals surface area contributed by atoms with E-state index in [4.69, 9.17) is 5.11 Å². The zero-order chi connectivity index (χ0) is 16.5. The first-order valence-corrected chi connectivity index (χ1v) is 8.69. The Bertz CT molecular complexity index is 932. The molecule has 2 aromatic carbocycles. The van der Waals surface area contributed by atoms with Gasteiger partial charge in [0.05, 0.1) is 6.61 Å². The fraction of sp³-hybridized carbons (Fsp3) is 0.0952. The minimum absolute atomic E-state index is 0.0603. The minimum Gasteiger partial charge on any atom is -0.392 e. The second-order valence-corrected chi connectivity index (χ2v) is 7.01. The summed E-state index contributed by atoms with van der Waals surface area (Å²) >= 11 is 1.68. The average molecular weight is 332 g/mol. The van der Waals surface area contributed by atoms with Crippen LogP contribution in [-0.2, 0) is 13.0 Å². The Balaban J connectivity index is 1.61. The number of aliphatic hydroxyl groups is 1. The SMILES string of the molecule is O=C1/C(=C/c2ccc(-c3ccc(CO)cc3)s2)Cc2ccccc21. The minimum atomic E-state index is 0.0603. The van der Waals surface area contributed by atoms with Crippen molar-refractivity contribution in [2.45, 2.75) is 13.0 Å². The van der Waals surface area contributed by atoms with E-state index in [1.807, 2.05) is 54.6 Å². The topological polar surface area (TPSA) is 37.3 Å². The number of aliphatic hydroxyl groups excluding tert-OH is 1. The highest BCUT2D eigenvalue weighted by molar-refractivity contribution is 7.16. The predicted molar refractivity (Wildman–Crippen MR) is 98.1 cm³/mol. The van der Waals surface area contributed by atoms with Crippen molar-refractivity contribution >= 4 is 23.2 Å². The maximum absolute atomic E-state index is 12.5. The zero-order valence-corrected chi connectivity index (χ0v) is 13.8. The van der Waals surface area contributed by atoms with Crippen LogP contribution in [0.15, 0.2) is 66.2 Å². The van der Waals surface area contributed by atoms with Crippen LogP contribution >= 0.6 is 11.3 Å². The highest BCUT2D eigenvalue weighted by Gasteiger charge is 2.24. The van der Waals surface area contributed by atoms with Crippen LogP contribution in [0, 0.1) is 0 Å². The van der Waals surface area contributed by atoms with Crippen molar-refractivity contribution in [3.05, 3.63) is 87.8 Å². The molecule has 0 saturated heterocycles. The van der Waals surface area contributed by atoms with Crippen LogP contribution in [0.4, 0.5) is 0 Å². The molecule has 1 N–H and O–H groups in total. The Labute approximate surface area is 144 Å². The summed E-state index contributed by atoms with van der Waals surface area (Å²) in [5.74, 6) is 0.146. The number of carbonyl (C=O) groups is 1. The number of ketones is 1. The Hall–Kier alpha value is -2.49. The van der Waals surface area contributed by atoms with E-state index in [0.29, 0.717) is 6.42 Å². The normalized spacial score (nSPS) is 15.0. The first-order chi connectivity index (χ1) is 11.7. The zero-order valence-electron chi connectivity index (χ0n) is 13.0. The van der Waals surface area contributed by atoms with Crippen molar-refractivity contribution < 1.29 is 9.90 Å². The van der Waals surface area contributed by atoms with Crippen LogP contribution in [0.1, 0.15) is 26.4 Å². The van der Waals surface area contributed by atoms with E-state index in [1.54, 1.807) is 11.3 Å². The fourth-order valence-electron chi connectivity index (χ4n) is 3.00. The number of allylic oxidation sites excluding steroid dienone is 1. The van der Waals surface area contributed by atoms with E-state index in [-0.39, 0.29) is 12.4 Å². The molecule has 1 aromatic heterocycles. The maximum atomic E-state index is 12.5. The maximum Gasteiger partial charge on any atom is 0.189 e. The highest BCUT2D eigenvalue weighted by Crippen LogP contribution is 2.32. The molecule has 24 heavy (non-hydrogen) atoms. The van der Waals surface area contributed by atoms with E-state index >= 15 is 0 Å². The van der Waals surface area contributed by atoms with Gasteiger partial charge in [0, 0.05) is 27.3 Å². The fourth-order valence-corrected chi connectivity index (χ4v) is 3.98. The molecule has 0 radical (unpaired) electrons. The second kappa shape index (κ2) is 6.19. The molecule has 1 aliphatic rings. The number of Topliss-reactive ketones (excluding diaryl/α,β-unsaturated/α-hetero) is 1. The lowest BCUT2D eigenvalue weighted by molar-refractivity contribution is 0.104. The third kappa shape index (κ3) is 2.73. The van der Waals surface area contributed by atoms with Gasteiger partial charge in [0.1, 0.15) is 0 Å². The summed E-state index contributed by atoms with van der Waals surface area (Å²) in [5.41, 5.74) is 4.85. The van der Waals surface area contributed by atoms with E-state index in [0.717, 1.165) is 37.6 Å². The average Bonchev–Trinajstić information content (AvgIpc) is 3.21. The van der Waals surface area contributed by atoms with E-state index < -0.39 is 0 Å². The molecule has 3 aromatic rings. The molecule has 0 atom stereocenters. The molecule has 2 nitrogen and oxygen atoms in total. The molecule has 0 spiro atoms. The number of fused-ring (bicyclic) bond motifs is 1. The number of hydrogen-bond acceptors (Lipinski definition) is 3. The van der Waals surface area contributed by atoms with Gasteiger partial charge >= 0.3 is 0 Å². The molecule has 0 bridgehead atoms. The van der Waals surface area contributed by atoms with Crippen LogP contribution < -0.4 is 0 Å². The standard InChI is InChI=1S/C21H16O2S/c22-13-14-5-7-15(8-6-14)20-10-9-18(24-20)12-17-11-16-3-1-2-4-19(16)21(17)23/h1-10,12,22H,11,13H2/b17-12+. The molecule has 0 saturated carbocycles. The molecule has 0 fully saturated rings. The van der Waals surface area contributed by atoms with Gasteiger partial charge in [0.25, 0.3) is 0 Å². The molecular weight excluding hydrogens is 316 g/mol. The first kappa shape index (κ1) is 15.1. The highest BCUT2D eigenvalue weighted by atomic mass is 32.1. The van der Waals surface area contributed by atoms with Gasteiger partial charge in [-0.25, -0.2) is 0 Å². The molecular formula is C21H16O2S. The van der Waals surface area contributed by atoms with Crippen LogP contribution in [0.3, 0.4) is 0 Å². The Morgan fingerprint density at radius 2 is 1.79 bits per heavy atom. The van der Waals surface area contributed by atoms with Crippen LogP contribution in [-0.4, -0.2) is 10.9 Å². The Kier molecular flexibility index (Phi) is 3.89. The van der Waals surface area contributed by atoms with Gasteiger partial charge < -0.3 is 5.11 Å². The summed E-state index contributed by atoms with van der Waals surface area (Å²) in [7, 11) is 0. The van der Waals surface area contributed by atoms with Gasteiger partial charge in [-0.15, -0.1) is 11.3 Å². The van der Waals surface area contributed by atoms with Gasteiger partial charge in [-0.05, 0) is 34.9 Å². The molecule has 1 aliphatic carbocycles. The van der Waals surface area contributed by atoms with Crippen molar-refractivity contribution in [1.29, 1.82) is 0 Å². The smallest absolute Gasteiger partial charge is 0.189 e. The van der Waals surface area contributed by atoms with Gasteiger partial charge in [0.15, 0.2) is 5.78 Å². The number of rotatable bonds is 3. The molecule has 118 valence electrons. The third-order valence-corrected chi connectivity index (χ3v) is 5.38. The molecule has 1 heterocycles. The monoisotopic (exact) mass is 332 g/mol. The van der Waals surface area contributed by atoms with Gasteiger partial charge in [0.2, 0.25) is 0 Å². The summed E-state index contributed by atoms with van der Waals surface area (Å²) in [4.78, 5) is 14.7. The quantitative estimate of drug-likeness (QED) is 0.704. The third-order valence-electron chi connectivity index (χ3n) is 4.30. The number of benzene rings is 2. The molecule has 4 rings (SSSR count). The van der Waals surface area contributed by atoms with E-state index in [2.05, 4.69) is 12.1 Å². The summed E-state index contributed by atoms with van der Waals surface area (Å²) in [6.45, 7) is 0.0603. The molecule has 3 heteroatoms. The summed E-state index contributed by atoms with van der Waals surface area (Å²) in [6.07, 6.45) is 2.73. The van der Waals surface area contributed by atoms with Crippen LogP contribution in [0.2, 0.25) is 0 Å². The Morgan fingerprint density at radius 1 is 1.00 bits per heavy atom. The number of hydrogen-bond donors (Lipinski definition) is 1. The van der Waals surface area contributed by atoms with Crippen molar-refractivity contribution in [2.24, 2.45) is 0 Å². The lowest BCUT2D eigenvalue weighted by atomic mass is 10.1. The van der Waals surface area contributed by atoms with Gasteiger partial charge in [-0.3, -0.25) is 4.79 Å². The van der Waals surface area contributed by atoms with Crippen molar-refractivity contribution in [2.75, 3.05) is 0 Å². The molecule has 0 unspecified atom stereocenters. The van der Waals surface area contributed by atoms with Crippen molar-refractivity contribution in [3.8, 4) is 10.4 Å². The summed E-state index contributed by atoms with van der Waals surface area (Å²) in [6, 6.07) is 19.9. The predicted octanol–water partition coefficient (Wildman–Crippen LogP) is 4.73. The summed E-state index contributed by atoms with van der Waals surface area (Å²) < 4.78 is 0. The van der Waals surface area contributed by atoms with Crippen LogP contribution in [0.5, 0.6) is 0 Å². The summed E-state index contributed by atoms with van der Waals surface area (Å²) in [5, 5.41) is 9.12. The first-order valence-electron chi connectivity index (χ1n) is 7.88. The second-order valence-electron chi connectivity index (χ2n) is 5.89. The molecule has 0 aliphatic heterocycles. The number of thiophene rings is 1. The van der Waals surface area contributed by atoms with Crippen molar-refractivity contribution in [3.63, 3.8) is 0 Å². The largest absolute Gasteiger partial charge is 0.392 e. The van der Waals surface area contributed by atoms with Crippen molar-refractivity contribution in [1.82, 2.24) is 0 Å². The van der Waals surface area contributed by atoms with E-state index in [9.17, 15) is 4.79 Å². The van der Waals surface area contributed by atoms with Gasteiger partial charge in [-0.1, -0.05) is 48.5 Å². The van der Waals surface area contributed by atoms with Crippen LogP contribution in [0.25, 0.3) is 16.5 Å². The lowest BCUT2D eigenvalue weighted by Gasteiger charge is -1.99. The lowest BCUT2D eigenvalue weighted by Crippen LogP contribution is -1.94. The molecule has 0 amide bonds. The number of carbonyl (C=O) groups excluding carboxylic acids is 1. The van der Waals surface area contributed by atoms with Gasteiger partial charge in [-0.2, -0.15) is 0 Å². The van der Waals surface area contributed by atoms with E-state index in [1.165, 1.54) is 0 Å².